The predicted octanol–water partition coefficient (Wildman–Crippen LogP) is 6.16. The molecule has 0 radical (unpaired) electrons. The van der Waals surface area contributed by atoms with Gasteiger partial charge in [-0.1, -0.05) is 60.7 Å². The first-order valence-corrected chi connectivity index (χ1v) is 25.5. The van der Waals surface area contributed by atoms with E-state index in [-0.39, 0.29) is 66.9 Å². The molecule has 2 saturated heterocycles. The van der Waals surface area contributed by atoms with Crippen molar-refractivity contribution in [3.8, 4) is 11.8 Å². The van der Waals surface area contributed by atoms with Crippen LogP contribution in [0.2, 0.25) is 0 Å². The van der Waals surface area contributed by atoms with Gasteiger partial charge in [-0.3, -0.25) is 43.4 Å². The Morgan fingerprint density at radius 2 is 1.77 bits per heavy atom. The van der Waals surface area contributed by atoms with Crippen molar-refractivity contribution in [1.82, 2.24) is 25.8 Å². The Balaban J connectivity index is 0.965. The second-order valence-electron chi connectivity index (χ2n) is 18.1. The number of carbonyl (C=O) groups excluding carboxylic acids is 7. The maximum atomic E-state index is 14.5. The van der Waals surface area contributed by atoms with Gasteiger partial charge in [-0.25, -0.2) is 0 Å². The lowest BCUT2D eigenvalue weighted by Crippen LogP contribution is -2.58. The van der Waals surface area contributed by atoms with E-state index in [0.29, 0.717) is 59.3 Å². The number of carbonyl (C=O) groups is 7. The molecule has 69 heavy (non-hydrogen) atoms. The van der Waals surface area contributed by atoms with Crippen LogP contribution < -0.4 is 20.9 Å². The fourth-order valence-corrected chi connectivity index (χ4v) is 10.2. The van der Waals surface area contributed by atoms with Gasteiger partial charge < -0.3 is 35.1 Å². The molecule has 0 aliphatic carbocycles. The molecule has 4 aromatic rings. The number of hydrogen-bond acceptors (Lipinski definition) is 9. The van der Waals surface area contributed by atoms with Crippen LogP contribution in [0.15, 0.2) is 71.2 Å². The number of fused-ring (bicyclic) bond motifs is 2. The molecular formula is C48H50BrF2N6O10PS. The molecule has 2 unspecified atom stereocenters. The highest BCUT2D eigenvalue weighted by Gasteiger charge is 2.50. The Morgan fingerprint density at radius 3 is 2.46 bits per heavy atom. The Hall–Kier alpha value is -5.84. The highest BCUT2D eigenvalue weighted by atomic mass is 79.9. The fourth-order valence-electron chi connectivity index (χ4n) is 8.55. The monoisotopic (exact) mass is 1050 g/mol. The van der Waals surface area contributed by atoms with Gasteiger partial charge >= 0.3 is 13.3 Å². The molecule has 3 aromatic carbocycles. The zero-order valence-electron chi connectivity index (χ0n) is 37.9. The fraction of sp³-hybridized carbons (Fsp3) is 0.396. The number of nitrogens with one attached hydrogen (secondary N) is 3. The molecule has 3 atom stereocenters. The molecule has 1 aromatic heterocycles. The number of alkyl halides is 2. The van der Waals surface area contributed by atoms with E-state index in [4.69, 9.17) is 0 Å². The Morgan fingerprint density at radius 1 is 1.03 bits per heavy atom. The van der Waals surface area contributed by atoms with Crippen molar-refractivity contribution >= 4 is 92.0 Å². The lowest BCUT2D eigenvalue weighted by atomic mass is 9.85. The third-order valence-electron chi connectivity index (χ3n) is 12.2. The Kier molecular flexibility index (Phi) is 15.3. The zero-order valence-corrected chi connectivity index (χ0v) is 41.1. The molecule has 3 aliphatic rings. The quantitative estimate of drug-likeness (QED) is 0.0419. The van der Waals surface area contributed by atoms with Crippen LogP contribution in [0.5, 0.6) is 0 Å². The van der Waals surface area contributed by atoms with Gasteiger partial charge in [-0.2, -0.15) is 8.78 Å². The average Bonchev–Trinajstić information content (AvgIpc) is 4.04. The first-order valence-electron chi connectivity index (χ1n) is 22.2. The second-order valence-corrected chi connectivity index (χ2v) is 21.8. The molecule has 7 rings (SSSR count). The summed E-state index contributed by atoms with van der Waals surface area (Å²) in [5.41, 5.74) is -3.87. The Labute approximate surface area is 408 Å². The smallest absolute Gasteiger partial charge is 0.356 e. The number of amides is 7. The van der Waals surface area contributed by atoms with E-state index >= 15 is 0 Å². The first kappa shape index (κ1) is 51.0. The normalized spacial score (nSPS) is 17.8. The number of nitrogens with zero attached hydrogens (tertiary/aromatic N) is 3. The van der Waals surface area contributed by atoms with E-state index in [2.05, 4.69) is 43.7 Å². The summed E-state index contributed by atoms with van der Waals surface area (Å²) in [4.78, 5) is 116. The highest BCUT2D eigenvalue weighted by Crippen LogP contribution is 2.59. The summed E-state index contributed by atoms with van der Waals surface area (Å²) in [6.45, 7) is 5.97. The lowest BCUT2D eigenvalue weighted by Gasteiger charge is -2.36. The summed E-state index contributed by atoms with van der Waals surface area (Å²) in [5, 5.41) is 8.13. The SMILES string of the molecule is CC(C)(C)C(NC(=O)c1cc2cc(C(F)(F)P(=O)(O)O)ccc2s1)C(=O)N1CCC[C@H]1C(=O)N(CCC(=O)NCCCC#Cc1cccc2c1CN(C1CCC(=O)NC1=O)C2=O)c1ccc(Br)cc1. The van der Waals surface area contributed by atoms with Gasteiger partial charge in [-0.15, -0.1) is 11.3 Å². The van der Waals surface area contributed by atoms with Crippen LogP contribution in [0, 0.1) is 17.3 Å². The van der Waals surface area contributed by atoms with Crippen LogP contribution >= 0.6 is 34.9 Å². The minimum absolute atomic E-state index is 0.00844. The lowest BCUT2D eigenvalue weighted by molar-refractivity contribution is -0.141. The van der Waals surface area contributed by atoms with E-state index in [1.165, 1.54) is 26.8 Å². The molecule has 5 N–H and O–H groups in total. The number of benzene rings is 3. The van der Waals surface area contributed by atoms with Crippen LogP contribution in [-0.4, -0.2) is 98.7 Å². The van der Waals surface area contributed by atoms with Crippen molar-refractivity contribution < 1.29 is 56.7 Å². The maximum Gasteiger partial charge on any atom is 0.399 e. The summed E-state index contributed by atoms with van der Waals surface area (Å²) >= 11 is 4.38. The molecule has 0 bridgehead atoms. The zero-order chi connectivity index (χ0) is 50.0. The number of hydrogen-bond donors (Lipinski definition) is 5. The van der Waals surface area contributed by atoms with Crippen molar-refractivity contribution in [2.24, 2.45) is 5.41 Å². The van der Waals surface area contributed by atoms with Gasteiger partial charge in [0, 0.05) is 77.0 Å². The largest absolute Gasteiger partial charge is 0.399 e. The summed E-state index contributed by atoms with van der Waals surface area (Å²) in [6.07, 6.45) is 2.11. The molecule has 0 saturated carbocycles. The minimum atomic E-state index is -5.83. The number of rotatable bonds is 14. The molecule has 3 aliphatic heterocycles. The van der Waals surface area contributed by atoms with Crippen molar-refractivity contribution in [3.63, 3.8) is 0 Å². The summed E-state index contributed by atoms with van der Waals surface area (Å²) in [6, 6.07) is 13.8. The van der Waals surface area contributed by atoms with Gasteiger partial charge in [0.1, 0.15) is 18.1 Å². The van der Waals surface area contributed by atoms with E-state index in [9.17, 15) is 56.7 Å². The second kappa shape index (κ2) is 20.6. The van der Waals surface area contributed by atoms with Crippen molar-refractivity contribution in [2.75, 3.05) is 24.5 Å². The maximum absolute atomic E-state index is 14.5. The summed E-state index contributed by atoms with van der Waals surface area (Å²) in [7, 11) is -5.83. The van der Waals surface area contributed by atoms with E-state index in [0.717, 1.165) is 27.9 Å². The minimum Gasteiger partial charge on any atom is -0.356 e. The van der Waals surface area contributed by atoms with Crippen molar-refractivity contribution in [2.45, 2.75) is 96.1 Å². The number of thiophene rings is 1. The molecule has 2 fully saturated rings. The molecule has 7 amide bonds. The number of piperidine rings is 1. The number of imide groups is 1. The van der Waals surface area contributed by atoms with E-state index in [1.54, 1.807) is 63.2 Å². The summed E-state index contributed by atoms with van der Waals surface area (Å²) in [5.74, 6) is 3.18. The van der Waals surface area contributed by atoms with Gasteiger partial charge in [0.05, 0.1) is 4.88 Å². The number of likely N-dealkylation sites (tertiary alicyclic amines) is 1. The third-order valence-corrected chi connectivity index (χ3v) is 14.9. The van der Waals surface area contributed by atoms with Crippen LogP contribution in [-0.2, 0) is 40.7 Å². The first-order chi connectivity index (χ1) is 32.5. The third kappa shape index (κ3) is 11.3. The van der Waals surface area contributed by atoms with Crippen LogP contribution in [0.3, 0.4) is 0 Å². The molecule has 4 heterocycles. The number of anilines is 1. The van der Waals surface area contributed by atoms with Crippen molar-refractivity contribution in [1.29, 1.82) is 0 Å². The van der Waals surface area contributed by atoms with E-state index in [1.807, 2.05) is 0 Å². The van der Waals surface area contributed by atoms with Crippen molar-refractivity contribution in [3.05, 3.63) is 98.3 Å². The number of halogens is 3. The van der Waals surface area contributed by atoms with Gasteiger partial charge in [0.2, 0.25) is 29.5 Å². The molecule has 0 spiro atoms. The highest BCUT2D eigenvalue weighted by molar-refractivity contribution is 9.10. The van der Waals surface area contributed by atoms with E-state index < -0.39 is 66.0 Å². The van der Waals surface area contributed by atoms with Gasteiger partial charge in [0.15, 0.2) is 0 Å². The standard InChI is InChI=1S/C48H50BrF2N6O10PS/c1-47(2,3)41(54-43(61)38-26-29-25-30(13-19-37(29)69-38)48(50,51)68(65,66)67)46(64)56-23-8-12-36(56)45(63)55(32-16-14-31(49)15-17-32)24-21-39(58)52-22-6-4-5-9-28-10-7-11-33-34(28)27-57(44(33)62)35-18-20-40(59)53-42(35)60/h7,10-11,13-17,19,25-26,35-36,41H,4,6,8,12,18,20-24,27H2,1-3H3,(H,52,58)(H,54,61)(H,53,59,60)(H2,65,66,67)/t35?,36-,41?/m0/s1. The van der Waals surface area contributed by atoms with Crippen LogP contribution in [0.25, 0.3) is 10.1 Å². The number of unbranched alkanes of at least 4 members (excludes halogenated alkanes) is 1. The average molecular weight is 1050 g/mol. The van der Waals surface area contributed by atoms with Gasteiger partial charge in [0.25, 0.3) is 11.8 Å². The molecule has 21 heteroatoms. The predicted molar refractivity (Wildman–Crippen MR) is 256 cm³/mol. The summed E-state index contributed by atoms with van der Waals surface area (Å²) < 4.78 is 41.6. The van der Waals surface area contributed by atoms with Crippen LogP contribution in [0.1, 0.15) is 102 Å². The molecule has 16 nitrogen and oxygen atoms in total. The Bertz CT molecular complexity index is 2840. The molecule has 364 valence electrons. The van der Waals surface area contributed by atoms with Crippen LogP contribution in [0.4, 0.5) is 14.5 Å². The molecular weight excluding hydrogens is 1000 g/mol. The van der Waals surface area contributed by atoms with Gasteiger partial charge in [-0.05, 0) is 96.6 Å². The topological polar surface area (TPSA) is 223 Å².